The van der Waals surface area contributed by atoms with Crippen molar-refractivity contribution in [1.82, 2.24) is 4.90 Å². The third-order valence-corrected chi connectivity index (χ3v) is 2.56. The predicted octanol–water partition coefficient (Wildman–Crippen LogP) is 0.990. The van der Waals surface area contributed by atoms with Crippen LogP contribution in [0.15, 0.2) is 24.3 Å². The fraction of sp³-hybridized carbons (Fsp3) is 0.417. The summed E-state index contributed by atoms with van der Waals surface area (Å²) >= 11 is 0. The molecule has 15 heavy (non-hydrogen) atoms. The Labute approximate surface area is 91.1 Å². The maximum Gasteiger partial charge on any atom is 0.0991 e. The lowest BCUT2D eigenvalue weighted by Gasteiger charge is -2.22. The molecule has 0 aliphatic rings. The van der Waals surface area contributed by atoms with Crippen molar-refractivity contribution < 1.29 is 0 Å². The number of likely N-dealkylation sites (N-methyl/N-ethyl adjacent to an activating group) is 1. The van der Waals surface area contributed by atoms with Gasteiger partial charge in [0, 0.05) is 12.6 Å². The van der Waals surface area contributed by atoms with Gasteiger partial charge < -0.3 is 10.6 Å². The normalized spacial score (nSPS) is 12.5. The quantitative estimate of drug-likeness (QED) is 0.794. The Morgan fingerprint density at radius 1 is 1.33 bits per heavy atom. The highest BCUT2D eigenvalue weighted by Crippen LogP contribution is 2.08. The van der Waals surface area contributed by atoms with Crippen LogP contribution < -0.4 is 5.73 Å². The van der Waals surface area contributed by atoms with Gasteiger partial charge in [0.1, 0.15) is 0 Å². The van der Waals surface area contributed by atoms with E-state index >= 15 is 0 Å². The molecule has 0 fully saturated rings. The van der Waals surface area contributed by atoms with Gasteiger partial charge in [0.15, 0.2) is 0 Å². The average molecular weight is 203 g/mol. The maximum absolute atomic E-state index is 8.67. The molecule has 1 aromatic rings. The van der Waals surface area contributed by atoms with Crippen LogP contribution in [0, 0.1) is 11.3 Å². The zero-order valence-electron chi connectivity index (χ0n) is 9.27. The van der Waals surface area contributed by atoms with Gasteiger partial charge in [-0.15, -0.1) is 0 Å². The largest absolute Gasteiger partial charge is 0.329 e. The first-order chi connectivity index (χ1) is 7.17. The van der Waals surface area contributed by atoms with E-state index in [1.807, 2.05) is 38.4 Å². The first kappa shape index (κ1) is 11.7. The second kappa shape index (κ2) is 5.50. The van der Waals surface area contributed by atoms with Crippen LogP contribution in [0.4, 0.5) is 0 Å². The molecule has 0 saturated carbocycles. The molecule has 0 aromatic heterocycles. The second-order valence-corrected chi connectivity index (χ2v) is 3.87. The molecular weight excluding hydrogens is 186 g/mol. The number of rotatable bonds is 4. The summed E-state index contributed by atoms with van der Waals surface area (Å²) in [6.45, 7) is 0.646. The number of nitrogens with two attached hydrogens (primary N) is 1. The Morgan fingerprint density at radius 2 is 1.93 bits per heavy atom. The third-order valence-electron chi connectivity index (χ3n) is 2.56. The van der Waals surface area contributed by atoms with Crippen LogP contribution in [-0.2, 0) is 6.42 Å². The van der Waals surface area contributed by atoms with Gasteiger partial charge in [0.2, 0.25) is 0 Å². The molecule has 0 aliphatic heterocycles. The molecule has 0 amide bonds. The van der Waals surface area contributed by atoms with E-state index < -0.39 is 0 Å². The molecule has 3 nitrogen and oxygen atoms in total. The van der Waals surface area contributed by atoms with E-state index in [-0.39, 0.29) is 0 Å². The zero-order chi connectivity index (χ0) is 11.3. The molecule has 0 radical (unpaired) electrons. The van der Waals surface area contributed by atoms with E-state index in [0.29, 0.717) is 18.2 Å². The van der Waals surface area contributed by atoms with Crippen molar-refractivity contribution in [2.45, 2.75) is 12.5 Å². The molecule has 0 spiro atoms. The summed E-state index contributed by atoms with van der Waals surface area (Å²) in [5.41, 5.74) is 7.61. The Balaban J connectivity index is 2.68. The number of nitrogens with zero attached hydrogens (tertiary/aromatic N) is 2. The number of benzene rings is 1. The summed E-state index contributed by atoms with van der Waals surface area (Å²) in [5.74, 6) is 0. The Bertz CT molecular complexity index is 335. The fourth-order valence-corrected chi connectivity index (χ4v) is 1.46. The van der Waals surface area contributed by atoms with Crippen molar-refractivity contribution in [2.75, 3.05) is 20.6 Å². The minimum Gasteiger partial charge on any atom is -0.329 e. The Kier molecular flexibility index (Phi) is 4.29. The van der Waals surface area contributed by atoms with Crippen LogP contribution in [0.2, 0.25) is 0 Å². The van der Waals surface area contributed by atoms with Crippen LogP contribution in [-0.4, -0.2) is 31.6 Å². The summed E-state index contributed by atoms with van der Waals surface area (Å²) in [6.07, 6.45) is 0.926. The molecule has 1 unspecified atom stereocenters. The van der Waals surface area contributed by atoms with Crippen LogP contribution in [0.5, 0.6) is 0 Å². The fourth-order valence-electron chi connectivity index (χ4n) is 1.46. The average Bonchev–Trinajstić information content (AvgIpc) is 2.26. The molecule has 1 rings (SSSR count). The van der Waals surface area contributed by atoms with E-state index in [0.717, 1.165) is 6.42 Å². The predicted molar refractivity (Wildman–Crippen MR) is 61.4 cm³/mol. The molecule has 3 heteroatoms. The van der Waals surface area contributed by atoms with Crippen molar-refractivity contribution in [3.8, 4) is 6.07 Å². The zero-order valence-corrected chi connectivity index (χ0v) is 9.27. The summed E-state index contributed by atoms with van der Waals surface area (Å²) in [5, 5.41) is 8.67. The second-order valence-electron chi connectivity index (χ2n) is 3.87. The SMILES string of the molecule is CN(C)C(CN)Cc1ccc(C#N)cc1. The van der Waals surface area contributed by atoms with Crippen LogP contribution >= 0.6 is 0 Å². The summed E-state index contributed by atoms with van der Waals surface area (Å²) in [4.78, 5) is 2.12. The van der Waals surface area contributed by atoms with Gasteiger partial charge in [0.05, 0.1) is 11.6 Å². The number of nitriles is 1. The van der Waals surface area contributed by atoms with Crippen molar-refractivity contribution in [3.63, 3.8) is 0 Å². The van der Waals surface area contributed by atoms with E-state index in [9.17, 15) is 0 Å². The smallest absolute Gasteiger partial charge is 0.0991 e. The van der Waals surface area contributed by atoms with Crippen molar-refractivity contribution in [2.24, 2.45) is 5.73 Å². The van der Waals surface area contributed by atoms with Crippen LogP contribution in [0.3, 0.4) is 0 Å². The van der Waals surface area contributed by atoms with Crippen molar-refractivity contribution >= 4 is 0 Å². The van der Waals surface area contributed by atoms with Crippen LogP contribution in [0.25, 0.3) is 0 Å². The highest BCUT2D eigenvalue weighted by atomic mass is 15.1. The van der Waals surface area contributed by atoms with E-state index in [4.69, 9.17) is 11.0 Å². The molecule has 1 aromatic carbocycles. The molecule has 0 aliphatic carbocycles. The van der Waals surface area contributed by atoms with Gasteiger partial charge >= 0.3 is 0 Å². The summed E-state index contributed by atoms with van der Waals surface area (Å²) in [7, 11) is 4.06. The molecular formula is C12H17N3. The van der Waals surface area contributed by atoms with E-state index in [1.165, 1.54) is 5.56 Å². The monoisotopic (exact) mass is 203 g/mol. The van der Waals surface area contributed by atoms with Crippen molar-refractivity contribution in [3.05, 3.63) is 35.4 Å². The molecule has 0 saturated heterocycles. The Morgan fingerprint density at radius 3 is 2.33 bits per heavy atom. The van der Waals surface area contributed by atoms with Gasteiger partial charge in [-0.3, -0.25) is 0 Å². The molecule has 1 atom stereocenters. The van der Waals surface area contributed by atoms with Gasteiger partial charge in [-0.2, -0.15) is 5.26 Å². The van der Waals surface area contributed by atoms with Crippen molar-refractivity contribution in [1.29, 1.82) is 5.26 Å². The van der Waals surface area contributed by atoms with Gasteiger partial charge in [-0.1, -0.05) is 12.1 Å². The summed E-state index contributed by atoms with van der Waals surface area (Å²) in [6, 6.07) is 10.1. The highest BCUT2D eigenvalue weighted by Gasteiger charge is 2.09. The number of hydrogen-bond acceptors (Lipinski definition) is 3. The summed E-state index contributed by atoms with van der Waals surface area (Å²) < 4.78 is 0. The Hall–Kier alpha value is -1.37. The minimum absolute atomic E-state index is 0.359. The highest BCUT2D eigenvalue weighted by molar-refractivity contribution is 5.31. The standard InChI is InChI=1S/C12H17N3/c1-15(2)12(9-14)7-10-3-5-11(8-13)6-4-10/h3-6,12H,7,9,14H2,1-2H3. The van der Waals surface area contributed by atoms with Gasteiger partial charge in [0.25, 0.3) is 0 Å². The molecule has 0 heterocycles. The molecule has 2 N–H and O–H groups in total. The lowest BCUT2D eigenvalue weighted by molar-refractivity contribution is 0.298. The topological polar surface area (TPSA) is 53.0 Å². The van der Waals surface area contributed by atoms with Crippen LogP contribution in [0.1, 0.15) is 11.1 Å². The molecule has 0 bridgehead atoms. The lowest BCUT2D eigenvalue weighted by Crippen LogP contribution is -2.36. The maximum atomic E-state index is 8.67. The first-order valence-corrected chi connectivity index (χ1v) is 5.03. The third kappa shape index (κ3) is 3.35. The van der Waals surface area contributed by atoms with Gasteiger partial charge in [-0.05, 0) is 38.2 Å². The molecule has 80 valence electrons. The van der Waals surface area contributed by atoms with E-state index in [2.05, 4.69) is 11.0 Å². The minimum atomic E-state index is 0.359. The van der Waals surface area contributed by atoms with E-state index in [1.54, 1.807) is 0 Å². The lowest BCUT2D eigenvalue weighted by atomic mass is 10.0. The van der Waals surface area contributed by atoms with Gasteiger partial charge in [-0.25, -0.2) is 0 Å². The number of hydrogen-bond donors (Lipinski definition) is 1. The first-order valence-electron chi connectivity index (χ1n) is 5.03.